The Bertz CT molecular complexity index is 437. The fourth-order valence-corrected chi connectivity index (χ4v) is 1.96. The second-order valence-corrected chi connectivity index (χ2v) is 4.73. The summed E-state index contributed by atoms with van der Waals surface area (Å²) in [6, 6.07) is 10.0. The van der Waals surface area contributed by atoms with Gasteiger partial charge in [-0.3, -0.25) is 0 Å². The van der Waals surface area contributed by atoms with Gasteiger partial charge in [-0.15, -0.1) is 6.58 Å². The molecule has 0 radical (unpaired) electrons. The van der Waals surface area contributed by atoms with Gasteiger partial charge < -0.3 is 9.47 Å². The second-order valence-electron chi connectivity index (χ2n) is 4.73. The average molecular weight is 245 g/mol. The fraction of sp³-hybridized carbons (Fsp3) is 0.400. The van der Waals surface area contributed by atoms with E-state index in [1.807, 2.05) is 44.2 Å². The Morgan fingerprint density at radius 2 is 2.11 bits per heavy atom. The van der Waals surface area contributed by atoms with Gasteiger partial charge in [0.1, 0.15) is 18.3 Å². The van der Waals surface area contributed by atoms with Crippen molar-refractivity contribution in [3.8, 4) is 0 Å². The first-order valence-corrected chi connectivity index (χ1v) is 6.16. The van der Waals surface area contributed by atoms with Crippen LogP contribution in [-0.2, 0) is 9.47 Å². The molecule has 0 bridgehead atoms. The van der Waals surface area contributed by atoms with E-state index in [-0.39, 0.29) is 6.10 Å². The van der Waals surface area contributed by atoms with Crippen LogP contribution < -0.4 is 0 Å². The molecule has 0 aromatic heterocycles. The van der Waals surface area contributed by atoms with E-state index < -0.39 is 5.60 Å². The molecular weight excluding hydrogens is 226 g/mol. The zero-order valence-electron chi connectivity index (χ0n) is 10.9. The van der Waals surface area contributed by atoms with E-state index in [9.17, 15) is 0 Å². The fourth-order valence-electron chi connectivity index (χ4n) is 1.96. The number of nitrogens with zero attached hydrogens (tertiary/aromatic N) is 1. The highest BCUT2D eigenvalue weighted by Gasteiger charge is 2.32. The molecule has 0 amide bonds. The third-order valence-electron chi connectivity index (χ3n) is 2.86. The molecule has 0 saturated carbocycles. The summed E-state index contributed by atoms with van der Waals surface area (Å²) in [4.78, 5) is 4.32. The van der Waals surface area contributed by atoms with Crippen molar-refractivity contribution < 1.29 is 9.47 Å². The first-order chi connectivity index (χ1) is 8.63. The minimum absolute atomic E-state index is 0.159. The monoisotopic (exact) mass is 245 g/mol. The standard InChI is InChI=1S/C15H19NO2/c1-4-13(12-8-6-5-7-9-12)18-15(2,3)14-16-10-11-17-14/h4-9,13H,1,10-11H2,2-3H3. The van der Waals surface area contributed by atoms with E-state index in [0.717, 1.165) is 5.56 Å². The molecule has 1 unspecified atom stereocenters. The van der Waals surface area contributed by atoms with Crippen LogP contribution in [0, 0.1) is 0 Å². The number of hydrogen-bond donors (Lipinski definition) is 0. The van der Waals surface area contributed by atoms with Crippen molar-refractivity contribution in [2.45, 2.75) is 25.6 Å². The Labute approximate surface area is 108 Å². The Hall–Kier alpha value is -1.61. The van der Waals surface area contributed by atoms with Crippen LogP contribution in [0.1, 0.15) is 25.5 Å². The highest BCUT2D eigenvalue weighted by atomic mass is 16.6. The lowest BCUT2D eigenvalue weighted by atomic mass is 10.1. The van der Waals surface area contributed by atoms with Gasteiger partial charge in [-0.1, -0.05) is 36.4 Å². The molecule has 0 saturated heterocycles. The summed E-state index contributed by atoms with van der Waals surface area (Å²) in [7, 11) is 0. The molecule has 1 aliphatic heterocycles. The molecule has 0 fully saturated rings. The molecule has 1 heterocycles. The molecule has 3 nitrogen and oxygen atoms in total. The smallest absolute Gasteiger partial charge is 0.216 e. The number of hydrogen-bond acceptors (Lipinski definition) is 3. The molecule has 0 aliphatic carbocycles. The van der Waals surface area contributed by atoms with E-state index in [1.165, 1.54) is 0 Å². The summed E-state index contributed by atoms with van der Waals surface area (Å²) in [6.45, 7) is 9.14. The molecule has 3 heteroatoms. The van der Waals surface area contributed by atoms with Crippen LogP contribution in [-0.4, -0.2) is 24.7 Å². The van der Waals surface area contributed by atoms with E-state index >= 15 is 0 Å². The first kappa shape index (κ1) is 12.8. The van der Waals surface area contributed by atoms with E-state index in [1.54, 1.807) is 6.08 Å². The predicted molar refractivity (Wildman–Crippen MR) is 72.8 cm³/mol. The maximum atomic E-state index is 6.08. The van der Waals surface area contributed by atoms with Gasteiger partial charge in [-0.2, -0.15) is 0 Å². The Balaban J connectivity index is 2.13. The number of rotatable bonds is 5. The number of benzene rings is 1. The molecule has 96 valence electrons. The largest absolute Gasteiger partial charge is 0.477 e. The minimum atomic E-state index is -0.537. The summed E-state index contributed by atoms with van der Waals surface area (Å²) in [6.07, 6.45) is 1.64. The summed E-state index contributed by atoms with van der Waals surface area (Å²) < 4.78 is 11.6. The van der Waals surface area contributed by atoms with Crippen molar-refractivity contribution in [1.82, 2.24) is 0 Å². The van der Waals surface area contributed by atoms with Crippen LogP contribution >= 0.6 is 0 Å². The zero-order valence-corrected chi connectivity index (χ0v) is 10.9. The Morgan fingerprint density at radius 1 is 1.39 bits per heavy atom. The van der Waals surface area contributed by atoms with Crippen molar-refractivity contribution >= 4 is 5.90 Å². The molecule has 1 aromatic rings. The van der Waals surface area contributed by atoms with Gasteiger partial charge in [-0.05, 0) is 19.4 Å². The van der Waals surface area contributed by atoms with Crippen molar-refractivity contribution in [3.05, 3.63) is 48.6 Å². The van der Waals surface area contributed by atoms with Gasteiger partial charge in [0.25, 0.3) is 0 Å². The molecule has 1 aromatic carbocycles. The summed E-state index contributed by atoms with van der Waals surface area (Å²) in [5.41, 5.74) is 0.546. The van der Waals surface area contributed by atoms with Crippen LogP contribution in [0.2, 0.25) is 0 Å². The highest BCUT2D eigenvalue weighted by molar-refractivity contribution is 5.85. The normalized spacial score (nSPS) is 16.9. The van der Waals surface area contributed by atoms with Crippen molar-refractivity contribution in [3.63, 3.8) is 0 Å². The van der Waals surface area contributed by atoms with Crippen LogP contribution in [0.25, 0.3) is 0 Å². The topological polar surface area (TPSA) is 30.8 Å². The maximum Gasteiger partial charge on any atom is 0.216 e. The highest BCUT2D eigenvalue weighted by Crippen LogP contribution is 2.27. The van der Waals surface area contributed by atoms with Crippen LogP contribution in [0.3, 0.4) is 0 Å². The predicted octanol–water partition coefficient (Wildman–Crippen LogP) is 3.14. The van der Waals surface area contributed by atoms with E-state index in [2.05, 4.69) is 11.6 Å². The quantitative estimate of drug-likeness (QED) is 0.746. The summed E-state index contributed by atoms with van der Waals surface area (Å²) >= 11 is 0. The number of ether oxygens (including phenoxy) is 2. The van der Waals surface area contributed by atoms with Crippen molar-refractivity contribution in [2.75, 3.05) is 13.2 Å². The summed E-state index contributed by atoms with van der Waals surface area (Å²) in [5.74, 6) is 0.672. The van der Waals surface area contributed by atoms with Gasteiger partial charge in [0.15, 0.2) is 0 Å². The summed E-state index contributed by atoms with van der Waals surface area (Å²) in [5, 5.41) is 0. The number of aliphatic imine (C=N–C) groups is 1. The molecular formula is C15H19NO2. The van der Waals surface area contributed by atoms with Crippen LogP contribution in [0.4, 0.5) is 0 Å². The van der Waals surface area contributed by atoms with Gasteiger partial charge in [0, 0.05) is 0 Å². The second kappa shape index (κ2) is 5.36. The Morgan fingerprint density at radius 3 is 2.67 bits per heavy atom. The zero-order chi connectivity index (χ0) is 13.0. The van der Waals surface area contributed by atoms with Gasteiger partial charge in [-0.25, -0.2) is 4.99 Å². The lowest BCUT2D eigenvalue weighted by Gasteiger charge is -2.28. The molecule has 0 N–H and O–H groups in total. The van der Waals surface area contributed by atoms with Gasteiger partial charge in [0.05, 0.1) is 6.54 Å². The average Bonchev–Trinajstić information content (AvgIpc) is 2.92. The Kier molecular flexibility index (Phi) is 3.82. The van der Waals surface area contributed by atoms with Gasteiger partial charge >= 0.3 is 0 Å². The van der Waals surface area contributed by atoms with E-state index in [0.29, 0.717) is 19.0 Å². The molecule has 2 rings (SSSR count). The lowest BCUT2D eigenvalue weighted by molar-refractivity contribution is -0.0178. The molecule has 1 atom stereocenters. The van der Waals surface area contributed by atoms with E-state index in [4.69, 9.17) is 9.47 Å². The van der Waals surface area contributed by atoms with Gasteiger partial charge in [0.2, 0.25) is 5.90 Å². The third-order valence-corrected chi connectivity index (χ3v) is 2.86. The SMILES string of the molecule is C=CC(OC(C)(C)C1=NCCO1)c1ccccc1. The van der Waals surface area contributed by atoms with Crippen molar-refractivity contribution in [1.29, 1.82) is 0 Å². The minimum Gasteiger partial charge on any atom is -0.477 e. The molecule has 1 aliphatic rings. The van der Waals surface area contributed by atoms with Crippen molar-refractivity contribution in [2.24, 2.45) is 4.99 Å². The third kappa shape index (κ3) is 2.79. The molecule has 0 spiro atoms. The first-order valence-electron chi connectivity index (χ1n) is 6.16. The van der Waals surface area contributed by atoms with Crippen LogP contribution in [0.15, 0.2) is 48.0 Å². The van der Waals surface area contributed by atoms with Crippen LogP contribution in [0.5, 0.6) is 0 Å². The lowest BCUT2D eigenvalue weighted by Crippen LogP contribution is -2.36. The molecule has 18 heavy (non-hydrogen) atoms. The maximum absolute atomic E-state index is 6.08.